The largest absolute Gasteiger partial charge is 0.337 e. The van der Waals surface area contributed by atoms with Crippen LogP contribution in [0.25, 0.3) is 22.1 Å². The number of para-hydroxylation sites is 1. The standard InChI is InChI=1S/C14H12ClFN4/c1-2-20-8-9(7-17-20)6-10(15)14-18-12-5-3-4-11(16)13(12)19-14/h3-8H,2H2,1H3,(H,18,19). The summed E-state index contributed by atoms with van der Waals surface area (Å²) >= 11 is 6.22. The van der Waals surface area contributed by atoms with Gasteiger partial charge in [-0.05, 0) is 25.1 Å². The molecule has 4 nitrogen and oxygen atoms in total. The lowest BCUT2D eigenvalue weighted by Gasteiger charge is -1.92. The van der Waals surface area contributed by atoms with E-state index in [1.807, 2.05) is 13.1 Å². The maximum atomic E-state index is 13.6. The fourth-order valence-corrected chi connectivity index (χ4v) is 2.17. The van der Waals surface area contributed by atoms with Gasteiger partial charge in [0.05, 0.1) is 16.7 Å². The lowest BCUT2D eigenvalue weighted by Crippen LogP contribution is -1.91. The van der Waals surface area contributed by atoms with Gasteiger partial charge in [-0.25, -0.2) is 9.37 Å². The van der Waals surface area contributed by atoms with Crippen LogP contribution in [0.2, 0.25) is 0 Å². The molecular weight excluding hydrogens is 279 g/mol. The van der Waals surface area contributed by atoms with Gasteiger partial charge in [-0.2, -0.15) is 5.10 Å². The normalized spacial score (nSPS) is 12.2. The van der Waals surface area contributed by atoms with Gasteiger partial charge in [0, 0.05) is 18.3 Å². The first-order valence-corrected chi connectivity index (χ1v) is 6.59. The van der Waals surface area contributed by atoms with E-state index < -0.39 is 0 Å². The number of nitrogens with one attached hydrogen (secondary N) is 1. The first-order valence-electron chi connectivity index (χ1n) is 6.21. The van der Waals surface area contributed by atoms with Crippen molar-refractivity contribution in [3.05, 3.63) is 47.8 Å². The van der Waals surface area contributed by atoms with E-state index in [9.17, 15) is 4.39 Å². The molecule has 20 heavy (non-hydrogen) atoms. The zero-order valence-corrected chi connectivity index (χ0v) is 11.5. The fraction of sp³-hybridized carbons (Fsp3) is 0.143. The zero-order chi connectivity index (χ0) is 14.1. The highest BCUT2D eigenvalue weighted by molar-refractivity contribution is 6.50. The summed E-state index contributed by atoms with van der Waals surface area (Å²) < 4.78 is 15.4. The molecule has 1 N–H and O–H groups in total. The number of aromatic amines is 1. The van der Waals surface area contributed by atoms with E-state index in [0.29, 0.717) is 21.9 Å². The van der Waals surface area contributed by atoms with Crippen molar-refractivity contribution in [1.29, 1.82) is 0 Å². The minimum Gasteiger partial charge on any atom is -0.337 e. The van der Waals surface area contributed by atoms with Crippen molar-refractivity contribution in [3.8, 4) is 0 Å². The van der Waals surface area contributed by atoms with E-state index in [0.717, 1.165) is 12.1 Å². The Labute approximate surface area is 119 Å². The predicted octanol–water partition coefficient (Wildman–Crippen LogP) is 3.66. The predicted molar refractivity (Wildman–Crippen MR) is 77.7 cm³/mol. The van der Waals surface area contributed by atoms with Gasteiger partial charge < -0.3 is 4.98 Å². The molecule has 102 valence electrons. The van der Waals surface area contributed by atoms with Gasteiger partial charge >= 0.3 is 0 Å². The summed E-state index contributed by atoms with van der Waals surface area (Å²) in [6.45, 7) is 2.80. The first kappa shape index (κ1) is 12.9. The highest BCUT2D eigenvalue weighted by Crippen LogP contribution is 2.23. The van der Waals surface area contributed by atoms with E-state index in [1.165, 1.54) is 6.07 Å². The van der Waals surface area contributed by atoms with E-state index in [4.69, 9.17) is 11.6 Å². The van der Waals surface area contributed by atoms with Crippen LogP contribution >= 0.6 is 11.6 Å². The van der Waals surface area contributed by atoms with E-state index in [2.05, 4.69) is 15.1 Å². The Hall–Kier alpha value is -2.14. The summed E-state index contributed by atoms with van der Waals surface area (Å²) in [7, 11) is 0. The Kier molecular flexibility index (Phi) is 3.28. The van der Waals surface area contributed by atoms with Gasteiger partial charge in [-0.15, -0.1) is 0 Å². The maximum absolute atomic E-state index is 13.6. The third kappa shape index (κ3) is 2.32. The summed E-state index contributed by atoms with van der Waals surface area (Å²) in [5, 5.41) is 4.57. The fourth-order valence-electron chi connectivity index (χ4n) is 1.95. The Bertz CT molecular complexity index is 787. The number of hydrogen-bond acceptors (Lipinski definition) is 2. The van der Waals surface area contributed by atoms with Crippen LogP contribution in [0.3, 0.4) is 0 Å². The van der Waals surface area contributed by atoms with E-state index in [1.54, 1.807) is 29.1 Å². The van der Waals surface area contributed by atoms with Crippen molar-refractivity contribution in [1.82, 2.24) is 19.7 Å². The minimum absolute atomic E-state index is 0.290. The lowest BCUT2D eigenvalue weighted by atomic mass is 10.3. The molecule has 0 spiro atoms. The van der Waals surface area contributed by atoms with Crippen LogP contribution in [0, 0.1) is 5.82 Å². The van der Waals surface area contributed by atoms with Crippen molar-refractivity contribution in [2.45, 2.75) is 13.5 Å². The summed E-state index contributed by atoms with van der Waals surface area (Å²) in [5.74, 6) is 0.0734. The average Bonchev–Trinajstić information content (AvgIpc) is 3.05. The molecule has 0 unspecified atom stereocenters. The van der Waals surface area contributed by atoms with Crippen molar-refractivity contribution >= 4 is 33.7 Å². The molecule has 0 radical (unpaired) electrons. The molecule has 6 heteroatoms. The number of benzene rings is 1. The molecule has 0 fully saturated rings. The van der Waals surface area contributed by atoms with Crippen molar-refractivity contribution in [3.63, 3.8) is 0 Å². The Morgan fingerprint density at radius 1 is 1.50 bits per heavy atom. The van der Waals surface area contributed by atoms with Crippen LogP contribution in [-0.4, -0.2) is 19.7 Å². The number of H-pyrrole nitrogens is 1. The van der Waals surface area contributed by atoms with Crippen molar-refractivity contribution in [2.75, 3.05) is 0 Å². The average molecular weight is 291 g/mol. The third-order valence-corrected chi connectivity index (χ3v) is 3.25. The second-order valence-corrected chi connectivity index (χ2v) is 4.75. The molecule has 0 bridgehead atoms. The molecule has 0 aliphatic heterocycles. The lowest BCUT2D eigenvalue weighted by molar-refractivity contribution is 0.637. The monoisotopic (exact) mass is 290 g/mol. The summed E-state index contributed by atoms with van der Waals surface area (Å²) in [5.41, 5.74) is 1.78. The van der Waals surface area contributed by atoms with Gasteiger partial charge in [0.1, 0.15) is 11.3 Å². The van der Waals surface area contributed by atoms with Gasteiger partial charge in [0.25, 0.3) is 0 Å². The molecule has 2 heterocycles. The summed E-state index contributed by atoms with van der Waals surface area (Å²) in [6.07, 6.45) is 5.34. The molecule has 0 amide bonds. The van der Waals surface area contributed by atoms with Crippen LogP contribution in [0.5, 0.6) is 0 Å². The quantitative estimate of drug-likeness (QED) is 0.800. The van der Waals surface area contributed by atoms with Crippen LogP contribution < -0.4 is 0 Å². The number of nitrogens with zero attached hydrogens (tertiary/aromatic N) is 3. The summed E-state index contributed by atoms with van der Waals surface area (Å²) in [6, 6.07) is 4.76. The highest BCUT2D eigenvalue weighted by Gasteiger charge is 2.09. The number of fused-ring (bicyclic) bond motifs is 1. The molecule has 0 aliphatic carbocycles. The van der Waals surface area contributed by atoms with Crippen LogP contribution in [0.4, 0.5) is 4.39 Å². The zero-order valence-electron chi connectivity index (χ0n) is 10.8. The SMILES string of the molecule is CCn1cc(C=C(Cl)c2nc3c(F)cccc3[nH]2)cn1. The number of halogens is 2. The highest BCUT2D eigenvalue weighted by atomic mass is 35.5. The van der Waals surface area contributed by atoms with Gasteiger partial charge in [-0.3, -0.25) is 4.68 Å². The van der Waals surface area contributed by atoms with E-state index in [-0.39, 0.29) is 5.82 Å². The first-order chi connectivity index (χ1) is 9.67. The van der Waals surface area contributed by atoms with E-state index >= 15 is 0 Å². The van der Waals surface area contributed by atoms with Crippen molar-refractivity contribution < 1.29 is 4.39 Å². The Morgan fingerprint density at radius 2 is 2.35 bits per heavy atom. The number of hydrogen-bond donors (Lipinski definition) is 1. The van der Waals surface area contributed by atoms with Crippen LogP contribution in [-0.2, 0) is 6.54 Å². The third-order valence-electron chi connectivity index (χ3n) is 2.96. The Morgan fingerprint density at radius 3 is 3.05 bits per heavy atom. The second kappa shape index (κ2) is 5.09. The maximum Gasteiger partial charge on any atom is 0.151 e. The number of imidazole rings is 1. The molecule has 3 rings (SSSR count). The molecule has 1 aromatic carbocycles. The van der Waals surface area contributed by atoms with Crippen LogP contribution in [0.1, 0.15) is 18.3 Å². The van der Waals surface area contributed by atoms with Gasteiger partial charge in [0.2, 0.25) is 0 Å². The molecule has 0 saturated carbocycles. The smallest absolute Gasteiger partial charge is 0.151 e. The molecule has 0 aliphatic rings. The van der Waals surface area contributed by atoms with Gasteiger partial charge in [-0.1, -0.05) is 17.7 Å². The molecule has 0 atom stereocenters. The van der Waals surface area contributed by atoms with Crippen LogP contribution in [0.15, 0.2) is 30.6 Å². The Balaban J connectivity index is 1.99. The number of aryl methyl sites for hydroxylation is 1. The second-order valence-electron chi connectivity index (χ2n) is 4.34. The minimum atomic E-state index is -0.367. The molecule has 2 aromatic heterocycles. The molecular formula is C14H12ClFN4. The number of aromatic nitrogens is 4. The van der Waals surface area contributed by atoms with Gasteiger partial charge in [0.15, 0.2) is 5.82 Å². The van der Waals surface area contributed by atoms with Crippen molar-refractivity contribution in [2.24, 2.45) is 0 Å². The summed E-state index contributed by atoms with van der Waals surface area (Å²) in [4.78, 5) is 7.18. The molecule has 0 saturated heterocycles. The molecule has 3 aromatic rings. The number of rotatable bonds is 3. The topological polar surface area (TPSA) is 46.5 Å².